The van der Waals surface area contributed by atoms with E-state index >= 15 is 0 Å². The molecule has 1 amide bonds. The Morgan fingerprint density at radius 1 is 1.22 bits per heavy atom. The number of hydrogen-bond acceptors (Lipinski definition) is 2. The Balaban J connectivity index is 3.51. The molecule has 1 atom stereocenters. The molecule has 1 rings (SSSR count). The molecule has 0 radical (unpaired) electrons. The molecule has 4 nitrogen and oxygen atoms in total. The fourth-order valence-corrected chi connectivity index (χ4v) is 2.37. The molecule has 0 aliphatic heterocycles. The minimum atomic E-state index is -1.33. The van der Waals surface area contributed by atoms with Gasteiger partial charge in [0.25, 0.3) is 0 Å². The van der Waals surface area contributed by atoms with Crippen LogP contribution in [0.25, 0.3) is 0 Å². The van der Waals surface area contributed by atoms with Crippen molar-refractivity contribution in [3.63, 3.8) is 0 Å². The van der Waals surface area contributed by atoms with Crippen molar-refractivity contribution in [2.45, 2.75) is 26.3 Å². The van der Waals surface area contributed by atoms with Crippen LogP contribution < -0.4 is 0 Å². The number of carbonyl (C=O) groups is 2. The molecule has 0 saturated heterocycles. The zero-order valence-corrected chi connectivity index (χ0v) is 11.2. The van der Waals surface area contributed by atoms with Crippen LogP contribution in [0.15, 0.2) is 30.3 Å². The number of aliphatic carboxylic acids is 1. The molecular formula is C14H19NO3. The molecule has 0 heterocycles. The molecule has 0 aliphatic carbocycles. The van der Waals surface area contributed by atoms with Gasteiger partial charge in [-0.3, -0.25) is 4.79 Å². The summed E-state index contributed by atoms with van der Waals surface area (Å²) in [6.45, 7) is 4.99. The lowest BCUT2D eigenvalue weighted by Crippen LogP contribution is -2.55. The van der Waals surface area contributed by atoms with E-state index in [1.165, 1.54) is 18.9 Å². The summed E-state index contributed by atoms with van der Waals surface area (Å²) in [5.74, 6) is -1.53. The second-order valence-electron chi connectivity index (χ2n) is 4.67. The van der Waals surface area contributed by atoms with Gasteiger partial charge in [0.15, 0.2) is 5.54 Å². The van der Waals surface area contributed by atoms with Crippen molar-refractivity contribution >= 4 is 11.9 Å². The fraction of sp³-hybridized carbons (Fsp3) is 0.429. The van der Waals surface area contributed by atoms with Crippen molar-refractivity contribution in [2.24, 2.45) is 5.92 Å². The highest BCUT2D eigenvalue weighted by molar-refractivity contribution is 5.87. The highest BCUT2D eigenvalue weighted by atomic mass is 16.4. The summed E-state index contributed by atoms with van der Waals surface area (Å²) in [7, 11) is 1.53. The van der Waals surface area contributed by atoms with Gasteiger partial charge in [-0.2, -0.15) is 0 Å². The van der Waals surface area contributed by atoms with Crippen LogP contribution in [-0.4, -0.2) is 28.9 Å². The second kappa shape index (κ2) is 5.21. The van der Waals surface area contributed by atoms with Gasteiger partial charge in [-0.25, -0.2) is 4.79 Å². The number of rotatable bonds is 4. The predicted octanol–water partition coefficient (Wildman–Crippen LogP) is 2.10. The highest BCUT2D eigenvalue weighted by Gasteiger charge is 2.48. The molecular weight excluding hydrogens is 230 g/mol. The van der Waals surface area contributed by atoms with Crippen LogP contribution in [0.2, 0.25) is 0 Å². The lowest BCUT2D eigenvalue weighted by Gasteiger charge is -2.41. The first-order valence-electron chi connectivity index (χ1n) is 5.88. The molecule has 18 heavy (non-hydrogen) atoms. The van der Waals surface area contributed by atoms with Gasteiger partial charge in [-0.1, -0.05) is 44.2 Å². The maximum absolute atomic E-state index is 11.8. The lowest BCUT2D eigenvalue weighted by atomic mass is 9.78. The van der Waals surface area contributed by atoms with Crippen LogP contribution in [0.3, 0.4) is 0 Å². The van der Waals surface area contributed by atoms with E-state index in [-0.39, 0.29) is 11.8 Å². The molecule has 0 bridgehead atoms. The van der Waals surface area contributed by atoms with Gasteiger partial charge >= 0.3 is 5.97 Å². The molecule has 0 aromatic heterocycles. The molecule has 1 unspecified atom stereocenters. The Bertz CT molecular complexity index is 442. The molecule has 1 aromatic rings. The summed E-state index contributed by atoms with van der Waals surface area (Å²) < 4.78 is 0. The number of likely N-dealkylation sites (N-methyl/N-ethyl adjacent to an activating group) is 1. The van der Waals surface area contributed by atoms with Crippen molar-refractivity contribution in [3.05, 3.63) is 35.9 Å². The average Bonchev–Trinajstić information content (AvgIpc) is 2.30. The summed E-state index contributed by atoms with van der Waals surface area (Å²) in [6, 6.07) is 8.87. The van der Waals surface area contributed by atoms with E-state index in [1.807, 2.05) is 6.07 Å². The third kappa shape index (κ3) is 2.10. The van der Waals surface area contributed by atoms with Crippen molar-refractivity contribution in [2.75, 3.05) is 7.05 Å². The van der Waals surface area contributed by atoms with E-state index in [0.717, 1.165) is 0 Å². The van der Waals surface area contributed by atoms with Gasteiger partial charge in [0.05, 0.1) is 0 Å². The van der Waals surface area contributed by atoms with Crippen LogP contribution in [0, 0.1) is 5.92 Å². The van der Waals surface area contributed by atoms with E-state index in [4.69, 9.17) is 0 Å². The molecule has 4 heteroatoms. The first-order valence-corrected chi connectivity index (χ1v) is 5.88. The lowest BCUT2D eigenvalue weighted by molar-refractivity contribution is -0.161. The number of nitrogens with zero attached hydrogens (tertiary/aromatic N) is 1. The van der Waals surface area contributed by atoms with E-state index < -0.39 is 11.5 Å². The Kier molecular flexibility index (Phi) is 4.11. The molecule has 0 spiro atoms. The van der Waals surface area contributed by atoms with Gasteiger partial charge in [0, 0.05) is 14.0 Å². The van der Waals surface area contributed by atoms with Crippen LogP contribution in [0.1, 0.15) is 26.3 Å². The normalized spacial score (nSPS) is 14.1. The van der Waals surface area contributed by atoms with Crippen molar-refractivity contribution in [1.82, 2.24) is 4.90 Å². The second-order valence-corrected chi connectivity index (χ2v) is 4.67. The number of hydrogen-bond donors (Lipinski definition) is 1. The van der Waals surface area contributed by atoms with Crippen LogP contribution in [0.4, 0.5) is 0 Å². The van der Waals surface area contributed by atoms with Crippen molar-refractivity contribution in [1.29, 1.82) is 0 Å². The largest absolute Gasteiger partial charge is 0.479 e. The van der Waals surface area contributed by atoms with Gasteiger partial charge in [-0.05, 0) is 11.5 Å². The Hall–Kier alpha value is -1.84. The number of carboxylic acids is 1. The molecule has 98 valence electrons. The van der Waals surface area contributed by atoms with Crippen molar-refractivity contribution < 1.29 is 14.7 Å². The van der Waals surface area contributed by atoms with Gasteiger partial charge in [0.1, 0.15) is 0 Å². The number of benzene rings is 1. The van der Waals surface area contributed by atoms with Gasteiger partial charge in [0.2, 0.25) is 5.91 Å². The van der Waals surface area contributed by atoms with E-state index in [1.54, 1.807) is 38.1 Å². The third-order valence-corrected chi connectivity index (χ3v) is 3.38. The Morgan fingerprint density at radius 3 is 2.06 bits per heavy atom. The zero-order valence-electron chi connectivity index (χ0n) is 11.2. The maximum atomic E-state index is 11.8. The first-order chi connectivity index (χ1) is 8.35. The number of carbonyl (C=O) groups excluding carboxylic acids is 1. The molecule has 0 saturated carbocycles. The summed E-state index contributed by atoms with van der Waals surface area (Å²) >= 11 is 0. The van der Waals surface area contributed by atoms with E-state index in [2.05, 4.69) is 0 Å². The number of amides is 1. The quantitative estimate of drug-likeness (QED) is 0.889. The minimum Gasteiger partial charge on any atom is -0.479 e. The monoisotopic (exact) mass is 249 g/mol. The van der Waals surface area contributed by atoms with Crippen LogP contribution in [-0.2, 0) is 15.1 Å². The van der Waals surface area contributed by atoms with Gasteiger partial charge in [-0.15, -0.1) is 0 Å². The summed E-state index contributed by atoms with van der Waals surface area (Å²) in [6.07, 6.45) is 0. The topological polar surface area (TPSA) is 57.6 Å². The highest BCUT2D eigenvalue weighted by Crippen LogP contribution is 2.35. The average molecular weight is 249 g/mol. The molecule has 1 aromatic carbocycles. The summed E-state index contributed by atoms with van der Waals surface area (Å²) in [5.41, 5.74) is -0.710. The smallest absolute Gasteiger partial charge is 0.334 e. The third-order valence-electron chi connectivity index (χ3n) is 3.38. The maximum Gasteiger partial charge on any atom is 0.334 e. The van der Waals surface area contributed by atoms with Crippen LogP contribution in [0.5, 0.6) is 0 Å². The zero-order chi connectivity index (χ0) is 13.9. The summed E-state index contributed by atoms with van der Waals surface area (Å²) in [5, 5.41) is 9.67. The standard InChI is InChI=1S/C14H19NO3/c1-10(2)14(13(17)18,15(4)11(3)16)12-8-6-5-7-9-12/h5-10H,1-4H3,(H,17,18). The van der Waals surface area contributed by atoms with E-state index in [9.17, 15) is 14.7 Å². The molecule has 0 fully saturated rings. The van der Waals surface area contributed by atoms with Gasteiger partial charge < -0.3 is 10.0 Å². The molecule has 1 N–H and O–H groups in total. The van der Waals surface area contributed by atoms with Crippen LogP contribution >= 0.6 is 0 Å². The Morgan fingerprint density at radius 2 is 1.72 bits per heavy atom. The summed E-state index contributed by atoms with van der Waals surface area (Å²) in [4.78, 5) is 24.8. The molecule has 0 aliphatic rings. The predicted molar refractivity (Wildman–Crippen MR) is 69.0 cm³/mol. The SMILES string of the molecule is CC(=O)N(C)C(C(=O)O)(c1ccccc1)C(C)C. The minimum absolute atomic E-state index is 0.244. The Labute approximate surface area is 107 Å². The first kappa shape index (κ1) is 14.2. The number of carboxylic acid groups (broad SMARTS) is 1. The fourth-order valence-electron chi connectivity index (χ4n) is 2.37. The van der Waals surface area contributed by atoms with E-state index in [0.29, 0.717) is 5.56 Å². The van der Waals surface area contributed by atoms with Crippen molar-refractivity contribution in [3.8, 4) is 0 Å².